The van der Waals surface area contributed by atoms with Gasteiger partial charge in [0.25, 0.3) is 0 Å². The van der Waals surface area contributed by atoms with Crippen LogP contribution in [0.1, 0.15) is 39.2 Å². The molecule has 2 saturated heterocycles. The Bertz CT molecular complexity index is 1030. The van der Waals surface area contributed by atoms with Crippen molar-refractivity contribution >= 4 is 34.3 Å². The quantitative estimate of drug-likeness (QED) is 0.650. The lowest BCUT2D eigenvalue weighted by Gasteiger charge is -2.24. The summed E-state index contributed by atoms with van der Waals surface area (Å²) in [4.78, 5) is 19.0. The topological polar surface area (TPSA) is 87.0 Å². The summed E-state index contributed by atoms with van der Waals surface area (Å²) in [6.45, 7) is 10.3. The van der Waals surface area contributed by atoms with E-state index < -0.39 is 0 Å². The van der Waals surface area contributed by atoms with E-state index in [0.717, 1.165) is 80.0 Å². The van der Waals surface area contributed by atoms with E-state index in [0.29, 0.717) is 0 Å². The molecule has 2 aliphatic rings. The Morgan fingerprint density at radius 2 is 1.74 bits per heavy atom. The number of fused-ring (bicyclic) bond motifs is 1. The Morgan fingerprint density at radius 3 is 2.58 bits per heavy atom. The van der Waals surface area contributed by atoms with Crippen molar-refractivity contribution in [3.8, 4) is 0 Å². The molecule has 3 aromatic heterocycles. The number of nitrogens with zero attached hydrogens (tertiary/aromatic N) is 7. The molecule has 31 heavy (non-hydrogen) atoms. The standard InChI is InChI=1S/C22H31N9/c1-16(2)31-18-12-19(24-14-17(18)15-25-31)26-20-13-21(29-10-5-6-23-7-11-29)28-22(27-20)30-8-3-4-9-30/h12-16,23H,3-11H2,1-2H3,(H,24,26,27,28). The van der Waals surface area contributed by atoms with Crippen LogP contribution in [0.2, 0.25) is 0 Å². The number of pyridine rings is 1. The van der Waals surface area contributed by atoms with Gasteiger partial charge in [0.15, 0.2) is 0 Å². The van der Waals surface area contributed by atoms with Gasteiger partial charge in [-0.1, -0.05) is 0 Å². The highest BCUT2D eigenvalue weighted by Gasteiger charge is 2.20. The van der Waals surface area contributed by atoms with E-state index in [4.69, 9.17) is 9.97 Å². The lowest BCUT2D eigenvalue weighted by atomic mass is 10.3. The minimum atomic E-state index is 0.289. The fourth-order valence-corrected chi connectivity index (χ4v) is 4.33. The molecule has 0 bridgehead atoms. The van der Waals surface area contributed by atoms with Gasteiger partial charge in [-0.15, -0.1) is 0 Å². The van der Waals surface area contributed by atoms with Gasteiger partial charge in [-0.2, -0.15) is 15.1 Å². The Hall–Kier alpha value is -2.94. The van der Waals surface area contributed by atoms with Gasteiger partial charge in [0, 0.05) is 62.5 Å². The summed E-state index contributed by atoms with van der Waals surface area (Å²) < 4.78 is 2.02. The largest absolute Gasteiger partial charge is 0.355 e. The maximum atomic E-state index is 4.94. The Kier molecular flexibility index (Phi) is 5.59. The van der Waals surface area contributed by atoms with Crippen molar-refractivity contribution in [3.05, 3.63) is 24.5 Å². The van der Waals surface area contributed by atoms with Crippen molar-refractivity contribution in [2.75, 3.05) is 54.4 Å². The van der Waals surface area contributed by atoms with Crippen molar-refractivity contribution in [2.45, 2.75) is 39.2 Å². The molecular formula is C22H31N9. The van der Waals surface area contributed by atoms with Gasteiger partial charge < -0.3 is 20.4 Å². The zero-order valence-corrected chi connectivity index (χ0v) is 18.4. The van der Waals surface area contributed by atoms with Crippen LogP contribution in [0.3, 0.4) is 0 Å². The second kappa shape index (κ2) is 8.66. The number of hydrogen-bond donors (Lipinski definition) is 2. The van der Waals surface area contributed by atoms with Crippen LogP contribution in [0, 0.1) is 0 Å². The SMILES string of the molecule is CC(C)n1ncc2cnc(Nc3cc(N4CCCNCC4)nc(N4CCCC4)n3)cc21. The fraction of sp³-hybridized carbons (Fsp3) is 0.545. The van der Waals surface area contributed by atoms with Gasteiger partial charge in [-0.25, -0.2) is 4.98 Å². The Balaban J connectivity index is 1.48. The van der Waals surface area contributed by atoms with Crippen LogP contribution >= 0.6 is 0 Å². The molecule has 3 aromatic rings. The van der Waals surface area contributed by atoms with Crippen LogP contribution in [0.4, 0.5) is 23.4 Å². The average Bonchev–Trinajstić information content (AvgIpc) is 3.37. The van der Waals surface area contributed by atoms with Gasteiger partial charge in [0.05, 0.1) is 11.7 Å². The molecule has 0 aromatic carbocycles. The predicted molar refractivity (Wildman–Crippen MR) is 124 cm³/mol. The molecule has 5 rings (SSSR count). The van der Waals surface area contributed by atoms with Crippen molar-refractivity contribution < 1.29 is 0 Å². The average molecular weight is 422 g/mol. The monoisotopic (exact) mass is 421 g/mol. The van der Waals surface area contributed by atoms with Crippen LogP contribution in [0.5, 0.6) is 0 Å². The molecule has 0 unspecified atom stereocenters. The van der Waals surface area contributed by atoms with Crippen LogP contribution in [0.15, 0.2) is 24.5 Å². The van der Waals surface area contributed by atoms with Gasteiger partial charge in [-0.05, 0) is 39.7 Å². The first-order valence-corrected chi connectivity index (χ1v) is 11.4. The third kappa shape index (κ3) is 4.27. The molecule has 0 amide bonds. The molecule has 9 heteroatoms. The minimum Gasteiger partial charge on any atom is -0.355 e. The molecule has 2 aliphatic heterocycles. The maximum Gasteiger partial charge on any atom is 0.229 e. The zero-order valence-electron chi connectivity index (χ0n) is 18.4. The summed E-state index contributed by atoms with van der Waals surface area (Å²) in [5, 5.41) is 12.4. The molecule has 9 nitrogen and oxygen atoms in total. The van der Waals surface area contributed by atoms with Gasteiger partial charge in [0.1, 0.15) is 17.5 Å². The Labute approximate surface area is 182 Å². The second-order valence-electron chi connectivity index (χ2n) is 8.63. The normalized spacial score (nSPS) is 17.5. The zero-order chi connectivity index (χ0) is 21.2. The lowest BCUT2D eigenvalue weighted by molar-refractivity contribution is 0.551. The molecule has 0 spiro atoms. The maximum absolute atomic E-state index is 4.94. The molecule has 164 valence electrons. The van der Waals surface area contributed by atoms with Crippen LogP contribution in [-0.2, 0) is 0 Å². The van der Waals surface area contributed by atoms with Crippen molar-refractivity contribution in [1.29, 1.82) is 0 Å². The third-order valence-electron chi connectivity index (χ3n) is 5.98. The first-order chi connectivity index (χ1) is 15.2. The summed E-state index contributed by atoms with van der Waals surface area (Å²) in [6, 6.07) is 4.39. The summed E-state index contributed by atoms with van der Waals surface area (Å²) in [5.41, 5.74) is 1.07. The molecular weight excluding hydrogens is 390 g/mol. The van der Waals surface area contributed by atoms with Gasteiger partial charge in [-0.3, -0.25) is 4.68 Å². The molecule has 5 heterocycles. The van der Waals surface area contributed by atoms with Crippen LogP contribution in [0.25, 0.3) is 10.9 Å². The van der Waals surface area contributed by atoms with Crippen molar-refractivity contribution in [1.82, 2.24) is 30.0 Å². The summed E-state index contributed by atoms with van der Waals surface area (Å²) in [5.74, 6) is 3.34. The number of rotatable bonds is 5. The third-order valence-corrected chi connectivity index (χ3v) is 5.98. The highest BCUT2D eigenvalue weighted by Crippen LogP contribution is 2.26. The number of nitrogens with one attached hydrogen (secondary N) is 2. The van der Waals surface area contributed by atoms with E-state index in [1.54, 1.807) is 0 Å². The number of anilines is 4. The number of hydrogen-bond acceptors (Lipinski definition) is 8. The Morgan fingerprint density at radius 1 is 0.903 bits per heavy atom. The second-order valence-corrected chi connectivity index (χ2v) is 8.63. The lowest BCUT2D eigenvalue weighted by Crippen LogP contribution is -2.30. The molecule has 0 radical (unpaired) electrons. The highest BCUT2D eigenvalue weighted by molar-refractivity contribution is 5.81. The first-order valence-electron chi connectivity index (χ1n) is 11.4. The minimum absolute atomic E-state index is 0.289. The van der Waals surface area contributed by atoms with Gasteiger partial charge >= 0.3 is 0 Å². The van der Waals surface area contributed by atoms with Crippen molar-refractivity contribution in [3.63, 3.8) is 0 Å². The van der Waals surface area contributed by atoms with E-state index in [2.05, 4.69) is 56.5 Å². The van der Waals surface area contributed by atoms with Crippen molar-refractivity contribution in [2.24, 2.45) is 0 Å². The molecule has 0 atom stereocenters. The van der Waals surface area contributed by atoms with E-state index in [1.807, 2.05) is 17.1 Å². The smallest absolute Gasteiger partial charge is 0.229 e. The summed E-state index contributed by atoms with van der Waals surface area (Å²) in [6.07, 6.45) is 7.24. The number of aromatic nitrogens is 5. The first kappa shape index (κ1) is 20.0. The molecule has 2 fully saturated rings. The summed E-state index contributed by atoms with van der Waals surface area (Å²) >= 11 is 0. The van der Waals surface area contributed by atoms with Gasteiger partial charge in [0.2, 0.25) is 5.95 Å². The van der Waals surface area contributed by atoms with E-state index in [-0.39, 0.29) is 6.04 Å². The molecule has 2 N–H and O–H groups in total. The molecule has 0 saturated carbocycles. The van der Waals surface area contributed by atoms with Crippen LogP contribution in [-0.4, -0.2) is 64.0 Å². The summed E-state index contributed by atoms with van der Waals surface area (Å²) in [7, 11) is 0. The van der Waals surface area contributed by atoms with E-state index in [9.17, 15) is 0 Å². The molecule has 0 aliphatic carbocycles. The van der Waals surface area contributed by atoms with E-state index >= 15 is 0 Å². The fourth-order valence-electron chi connectivity index (χ4n) is 4.33. The predicted octanol–water partition coefficient (Wildman–Crippen LogP) is 2.95. The highest BCUT2D eigenvalue weighted by atomic mass is 15.3. The van der Waals surface area contributed by atoms with E-state index in [1.165, 1.54) is 12.8 Å². The van der Waals surface area contributed by atoms with Crippen LogP contribution < -0.4 is 20.4 Å².